The van der Waals surface area contributed by atoms with Crippen molar-refractivity contribution >= 4 is 29.1 Å². The van der Waals surface area contributed by atoms with Crippen molar-refractivity contribution in [3.63, 3.8) is 0 Å². The Morgan fingerprint density at radius 3 is 2.35 bits per heavy atom. The second kappa shape index (κ2) is 6.47. The minimum atomic E-state index is -0.549. The van der Waals surface area contributed by atoms with Gasteiger partial charge >= 0.3 is 0 Å². The lowest BCUT2D eigenvalue weighted by Gasteiger charge is -2.18. The Bertz CT molecular complexity index is 535. The Balaban J connectivity index is 2.49. The highest BCUT2D eigenvalue weighted by molar-refractivity contribution is 7.80. The van der Waals surface area contributed by atoms with Gasteiger partial charge in [-0.05, 0) is 31.3 Å². The monoisotopic (exact) mass is 293 g/mol. The molecule has 1 aromatic rings. The Kier molecular flexibility index (Phi) is 5.21. The van der Waals surface area contributed by atoms with E-state index in [0.717, 1.165) is 5.56 Å². The van der Waals surface area contributed by atoms with Gasteiger partial charge in [0.15, 0.2) is 5.11 Å². The van der Waals surface area contributed by atoms with Gasteiger partial charge in [0.25, 0.3) is 5.91 Å². The second-order valence-electron chi connectivity index (χ2n) is 5.48. The highest BCUT2D eigenvalue weighted by Crippen LogP contribution is 2.12. The summed E-state index contributed by atoms with van der Waals surface area (Å²) >= 11 is 4.94. The van der Waals surface area contributed by atoms with E-state index in [4.69, 9.17) is 12.2 Å². The number of rotatable bonds is 1. The van der Waals surface area contributed by atoms with Crippen molar-refractivity contribution in [1.29, 1.82) is 0 Å². The van der Waals surface area contributed by atoms with Gasteiger partial charge in [-0.25, -0.2) is 0 Å². The maximum Gasteiger partial charge on any atom is 0.269 e. The topological polar surface area (TPSA) is 70.2 Å². The van der Waals surface area contributed by atoms with Crippen LogP contribution >= 0.6 is 12.2 Å². The van der Waals surface area contributed by atoms with Gasteiger partial charge < -0.3 is 5.32 Å². The molecule has 0 aliphatic rings. The van der Waals surface area contributed by atoms with Crippen molar-refractivity contribution in [3.8, 4) is 0 Å². The van der Waals surface area contributed by atoms with E-state index < -0.39 is 5.41 Å². The predicted molar refractivity (Wildman–Crippen MR) is 82.0 cm³/mol. The molecule has 0 radical (unpaired) electrons. The zero-order chi connectivity index (χ0) is 15.3. The smallest absolute Gasteiger partial charge is 0.269 e. The molecule has 3 N–H and O–H groups in total. The Morgan fingerprint density at radius 1 is 1.15 bits per heavy atom. The van der Waals surface area contributed by atoms with Crippen LogP contribution in [0.15, 0.2) is 24.3 Å². The molecule has 20 heavy (non-hydrogen) atoms. The molecule has 1 rings (SSSR count). The van der Waals surface area contributed by atoms with Gasteiger partial charge in [0.05, 0.1) is 0 Å². The SMILES string of the molecule is Cc1cccc(C(=O)NNC(=S)NC(=O)C(C)(C)C)c1. The van der Waals surface area contributed by atoms with Crippen molar-refractivity contribution in [2.75, 3.05) is 0 Å². The fourth-order valence-electron chi connectivity index (χ4n) is 1.29. The quantitative estimate of drug-likeness (QED) is 0.544. The summed E-state index contributed by atoms with van der Waals surface area (Å²) < 4.78 is 0. The van der Waals surface area contributed by atoms with E-state index in [-0.39, 0.29) is 16.9 Å². The van der Waals surface area contributed by atoms with E-state index in [2.05, 4.69) is 16.2 Å². The van der Waals surface area contributed by atoms with Crippen molar-refractivity contribution in [2.45, 2.75) is 27.7 Å². The van der Waals surface area contributed by atoms with E-state index in [1.54, 1.807) is 39.0 Å². The molecule has 108 valence electrons. The van der Waals surface area contributed by atoms with Gasteiger partial charge in [0, 0.05) is 11.0 Å². The van der Waals surface area contributed by atoms with Crippen LogP contribution in [0.2, 0.25) is 0 Å². The summed E-state index contributed by atoms with van der Waals surface area (Å²) in [4.78, 5) is 23.5. The van der Waals surface area contributed by atoms with E-state index >= 15 is 0 Å². The number of nitrogens with one attached hydrogen (secondary N) is 3. The maximum absolute atomic E-state index is 11.8. The van der Waals surface area contributed by atoms with E-state index in [0.29, 0.717) is 5.56 Å². The molecule has 0 aliphatic heterocycles. The van der Waals surface area contributed by atoms with Crippen LogP contribution in [0.4, 0.5) is 0 Å². The van der Waals surface area contributed by atoms with Crippen LogP contribution in [0.25, 0.3) is 0 Å². The fourth-order valence-corrected chi connectivity index (χ4v) is 1.44. The summed E-state index contributed by atoms with van der Waals surface area (Å²) in [6.45, 7) is 7.22. The molecular formula is C14H19N3O2S. The Hall–Kier alpha value is -1.95. The maximum atomic E-state index is 11.8. The number of benzene rings is 1. The zero-order valence-electron chi connectivity index (χ0n) is 12.0. The molecule has 0 aromatic heterocycles. The third kappa shape index (κ3) is 4.97. The van der Waals surface area contributed by atoms with Gasteiger partial charge in [-0.2, -0.15) is 0 Å². The first kappa shape index (κ1) is 16.1. The molecule has 2 amide bonds. The average Bonchev–Trinajstić information content (AvgIpc) is 2.34. The molecular weight excluding hydrogens is 274 g/mol. The first-order valence-electron chi connectivity index (χ1n) is 6.18. The summed E-state index contributed by atoms with van der Waals surface area (Å²) in [6.07, 6.45) is 0. The van der Waals surface area contributed by atoms with Gasteiger partial charge in [-0.3, -0.25) is 20.4 Å². The van der Waals surface area contributed by atoms with Gasteiger partial charge in [0.2, 0.25) is 5.91 Å². The normalized spacial score (nSPS) is 10.6. The number of hydrazine groups is 1. The fraction of sp³-hybridized carbons (Fsp3) is 0.357. The van der Waals surface area contributed by atoms with Crippen LogP contribution in [0.1, 0.15) is 36.7 Å². The molecule has 5 nitrogen and oxygen atoms in total. The summed E-state index contributed by atoms with van der Waals surface area (Å²) in [7, 11) is 0. The lowest BCUT2D eigenvalue weighted by Crippen LogP contribution is -2.50. The number of carbonyl (C=O) groups is 2. The highest BCUT2D eigenvalue weighted by Gasteiger charge is 2.22. The Labute approximate surface area is 124 Å². The molecule has 0 fully saturated rings. The van der Waals surface area contributed by atoms with Crippen molar-refractivity contribution in [3.05, 3.63) is 35.4 Å². The lowest BCUT2D eigenvalue weighted by molar-refractivity contribution is -0.126. The summed E-state index contributed by atoms with van der Waals surface area (Å²) in [5, 5.41) is 2.57. The molecule has 0 saturated carbocycles. The van der Waals surface area contributed by atoms with Gasteiger partial charge in [-0.15, -0.1) is 0 Å². The van der Waals surface area contributed by atoms with Gasteiger partial charge in [0.1, 0.15) is 0 Å². The highest BCUT2D eigenvalue weighted by atomic mass is 32.1. The van der Waals surface area contributed by atoms with Crippen LogP contribution in [0.3, 0.4) is 0 Å². The van der Waals surface area contributed by atoms with Gasteiger partial charge in [-0.1, -0.05) is 38.5 Å². The second-order valence-corrected chi connectivity index (χ2v) is 5.89. The lowest BCUT2D eigenvalue weighted by atomic mass is 9.96. The van der Waals surface area contributed by atoms with Crippen LogP contribution in [0, 0.1) is 12.3 Å². The first-order valence-corrected chi connectivity index (χ1v) is 6.59. The standard InChI is InChI=1S/C14H19N3O2S/c1-9-6-5-7-10(8-9)11(18)16-17-13(20)15-12(19)14(2,3)4/h5-8H,1-4H3,(H,16,18)(H2,15,17,19,20). The number of carbonyl (C=O) groups excluding carboxylic acids is 2. The molecule has 0 atom stereocenters. The minimum Gasteiger partial charge on any atom is -0.301 e. The van der Waals surface area contributed by atoms with Crippen molar-refractivity contribution < 1.29 is 9.59 Å². The van der Waals surface area contributed by atoms with E-state index in [9.17, 15) is 9.59 Å². The first-order chi connectivity index (χ1) is 9.20. The third-order valence-electron chi connectivity index (χ3n) is 2.48. The molecule has 0 saturated heterocycles. The van der Waals surface area contributed by atoms with E-state index in [1.807, 2.05) is 13.0 Å². The van der Waals surface area contributed by atoms with Crippen LogP contribution in [0.5, 0.6) is 0 Å². The van der Waals surface area contributed by atoms with Crippen molar-refractivity contribution in [1.82, 2.24) is 16.2 Å². The largest absolute Gasteiger partial charge is 0.301 e. The van der Waals surface area contributed by atoms with Crippen LogP contribution < -0.4 is 16.2 Å². The number of aryl methyl sites for hydroxylation is 1. The van der Waals surface area contributed by atoms with Crippen LogP contribution in [-0.2, 0) is 4.79 Å². The molecule has 0 unspecified atom stereocenters. The molecule has 0 heterocycles. The number of thiocarbonyl (C=S) groups is 1. The number of hydrogen-bond acceptors (Lipinski definition) is 3. The zero-order valence-corrected chi connectivity index (χ0v) is 12.9. The number of amides is 2. The minimum absolute atomic E-state index is 0.0610. The summed E-state index contributed by atoms with van der Waals surface area (Å²) in [5.74, 6) is -0.541. The Morgan fingerprint density at radius 2 is 1.80 bits per heavy atom. The molecule has 6 heteroatoms. The number of hydrogen-bond donors (Lipinski definition) is 3. The molecule has 0 bridgehead atoms. The van der Waals surface area contributed by atoms with Crippen LogP contribution in [-0.4, -0.2) is 16.9 Å². The van der Waals surface area contributed by atoms with E-state index in [1.165, 1.54) is 0 Å². The summed E-state index contributed by atoms with van der Waals surface area (Å²) in [5.41, 5.74) is 5.90. The molecule has 0 spiro atoms. The predicted octanol–water partition coefficient (Wildman–Crippen LogP) is 1.68. The molecule has 0 aliphatic carbocycles. The third-order valence-corrected chi connectivity index (χ3v) is 2.68. The average molecular weight is 293 g/mol. The summed E-state index contributed by atoms with van der Waals surface area (Å²) in [6, 6.07) is 7.15. The van der Waals surface area contributed by atoms with Crippen molar-refractivity contribution in [2.24, 2.45) is 5.41 Å². The molecule has 1 aromatic carbocycles.